The molecule has 2 nitrogen and oxygen atoms in total. The minimum Gasteiger partial charge on any atom is -0.349 e. The van der Waals surface area contributed by atoms with Gasteiger partial charge in [-0.15, -0.1) is 11.3 Å². The van der Waals surface area contributed by atoms with Crippen molar-refractivity contribution in [2.24, 2.45) is 0 Å². The van der Waals surface area contributed by atoms with Crippen LogP contribution in [0.5, 0.6) is 0 Å². The predicted molar refractivity (Wildman–Crippen MR) is 72.5 cm³/mol. The lowest BCUT2D eigenvalue weighted by Crippen LogP contribution is -2.11. The maximum Gasteiger partial charge on any atom is 0.164 e. The van der Waals surface area contributed by atoms with E-state index in [1.165, 1.54) is 20.7 Å². The minimum absolute atomic E-state index is 0.268. The van der Waals surface area contributed by atoms with Crippen molar-refractivity contribution in [3.8, 4) is 0 Å². The summed E-state index contributed by atoms with van der Waals surface area (Å²) >= 11 is 1.80. The van der Waals surface area contributed by atoms with Gasteiger partial charge in [0.2, 0.25) is 0 Å². The van der Waals surface area contributed by atoms with E-state index in [0.717, 1.165) is 24.1 Å². The van der Waals surface area contributed by atoms with Crippen LogP contribution >= 0.6 is 11.3 Å². The molecular formula is C14H15NOS. The summed E-state index contributed by atoms with van der Waals surface area (Å²) in [5, 5.41) is 1.29. The zero-order valence-corrected chi connectivity index (χ0v) is 10.9. The Labute approximate surface area is 104 Å². The highest BCUT2D eigenvalue weighted by atomic mass is 32.1. The van der Waals surface area contributed by atoms with Gasteiger partial charge in [0.15, 0.2) is 5.78 Å². The molecule has 0 fully saturated rings. The van der Waals surface area contributed by atoms with Crippen LogP contribution < -0.4 is 0 Å². The summed E-state index contributed by atoms with van der Waals surface area (Å²) < 4.78 is 0. The number of allylic oxidation sites excluding steroid dienone is 1. The van der Waals surface area contributed by atoms with Crippen LogP contribution in [0.4, 0.5) is 0 Å². The van der Waals surface area contributed by atoms with Crippen LogP contribution in [0.3, 0.4) is 0 Å². The predicted octanol–water partition coefficient (Wildman–Crippen LogP) is 3.71. The van der Waals surface area contributed by atoms with Gasteiger partial charge in [-0.25, -0.2) is 0 Å². The first-order valence-electron chi connectivity index (χ1n) is 6.10. The molecule has 2 aromatic rings. The fourth-order valence-corrected chi connectivity index (χ4v) is 3.44. The van der Waals surface area contributed by atoms with Crippen molar-refractivity contribution in [2.75, 3.05) is 0 Å². The van der Waals surface area contributed by atoms with E-state index in [1.54, 1.807) is 11.3 Å². The molecular weight excluding hydrogens is 230 g/mol. The van der Waals surface area contributed by atoms with E-state index in [1.807, 2.05) is 6.92 Å². The van der Waals surface area contributed by atoms with E-state index in [4.69, 9.17) is 0 Å². The number of thiophene rings is 1. The number of hydrogen-bond donors (Lipinski definition) is 1. The van der Waals surface area contributed by atoms with Crippen molar-refractivity contribution in [2.45, 2.75) is 33.1 Å². The minimum atomic E-state index is 0.268. The lowest BCUT2D eigenvalue weighted by molar-refractivity contribution is -0.115. The molecule has 3 heteroatoms. The van der Waals surface area contributed by atoms with Gasteiger partial charge in [-0.05, 0) is 30.6 Å². The summed E-state index contributed by atoms with van der Waals surface area (Å²) in [6, 6.07) is 2.26. The molecule has 1 aliphatic carbocycles. The molecule has 2 heterocycles. The summed E-state index contributed by atoms with van der Waals surface area (Å²) in [7, 11) is 0. The summed E-state index contributed by atoms with van der Waals surface area (Å²) in [6.07, 6.45) is 4.52. The number of aryl methyl sites for hydroxylation is 1. The van der Waals surface area contributed by atoms with Gasteiger partial charge >= 0.3 is 0 Å². The molecule has 0 aromatic carbocycles. The van der Waals surface area contributed by atoms with E-state index in [-0.39, 0.29) is 5.78 Å². The van der Waals surface area contributed by atoms with Crippen molar-refractivity contribution in [3.63, 3.8) is 0 Å². The molecule has 0 aliphatic heterocycles. The van der Waals surface area contributed by atoms with Crippen molar-refractivity contribution in [1.82, 2.24) is 4.98 Å². The summed E-state index contributed by atoms with van der Waals surface area (Å²) in [4.78, 5) is 17.8. The van der Waals surface area contributed by atoms with Crippen LogP contribution in [0.2, 0.25) is 0 Å². The number of fused-ring (bicyclic) bond motifs is 3. The first-order chi connectivity index (χ1) is 8.22. The van der Waals surface area contributed by atoms with E-state index in [0.29, 0.717) is 6.42 Å². The summed E-state index contributed by atoms with van der Waals surface area (Å²) in [5.74, 6) is 0.268. The van der Waals surface area contributed by atoms with E-state index < -0.39 is 0 Å². The Morgan fingerprint density at radius 1 is 1.35 bits per heavy atom. The number of aromatic amines is 1. The van der Waals surface area contributed by atoms with E-state index in [9.17, 15) is 4.79 Å². The molecule has 88 valence electrons. The van der Waals surface area contributed by atoms with Gasteiger partial charge in [-0.1, -0.05) is 13.8 Å². The van der Waals surface area contributed by atoms with Gasteiger partial charge in [0, 0.05) is 21.5 Å². The van der Waals surface area contributed by atoms with Crippen molar-refractivity contribution < 1.29 is 4.79 Å². The smallest absolute Gasteiger partial charge is 0.164 e. The van der Waals surface area contributed by atoms with Crippen molar-refractivity contribution >= 4 is 33.4 Å². The number of aromatic nitrogens is 1. The molecule has 17 heavy (non-hydrogen) atoms. The van der Waals surface area contributed by atoms with Gasteiger partial charge in [0.1, 0.15) is 4.83 Å². The number of hydrogen-bond acceptors (Lipinski definition) is 2. The fraction of sp³-hybridized carbons (Fsp3) is 0.357. The Morgan fingerprint density at radius 2 is 2.18 bits per heavy atom. The van der Waals surface area contributed by atoms with Gasteiger partial charge < -0.3 is 4.98 Å². The second kappa shape index (κ2) is 3.84. The Kier molecular flexibility index (Phi) is 2.44. The molecule has 0 atom stereocenters. The summed E-state index contributed by atoms with van der Waals surface area (Å²) in [6.45, 7) is 4.22. The fourth-order valence-electron chi connectivity index (χ4n) is 2.41. The molecule has 0 amide bonds. The number of rotatable bonds is 2. The van der Waals surface area contributed by atoms with Crippen molar-refractivity contribution in [1.29, 1.82) is 0 Å². The van der Waals surface area contributed by atoms with Crippen LogP contribution in [0.1, 0.15) is 36.4 Å². The third kappa shape index (κ3) is 1.57. The van der Waals surface area contributed by atoms with E-state index >= 15 is 0 Å². The Balaban J connectivity index is 2.21. The zero-order chi connectivity index (χ0) is 12.0. The molecule has 0 bridgehead atoms. The third-order valence-corrected chi connectivity index (χ3v) is 4.60. The van der Waals surface area contributed by atoms with Crippen LogP contribution in [-0.2, 0) is 17.6 Å². The van der Waals surface area contributed by atoms with Gasteiger partial charge in [-0.3, -0.25) is 4.79 Å². The van der Waals surface area contributed by atoms with Crippen LogP contribution in [0, 0.1) is 0 Å². The third-order valence-electron chi connectivity index (χ3n) is 3.41. The second-order valence-corrected chi connectivity index (χ2v) is 5.59. The average Bonchev–Trinajstić information content (AvgIpc) is 2.84. The first-order valence-corrected chi connectivity index (χ1v) is 6.91. The maximum absolute atomic E-state index is 11.8. The zero-order valence-electron chi connectivity index (χ0n) is 10.1. The molecule has 0 spiro atoms. The van der Waals surface area contributed by atoms with Crippen LogP contribution in [-0.4, -0.2) is 10.8 Å². The molecule has 0 radical (unpaired) electrons. The quantitative estimate of drug-likeness (QED) is 0.859. The van der Waals surface area contributed by atoms with E-state index in [2.05, 4.69) is 24.1 Å². The molecule has 0 unspecified atom stereocenters. The molecule has 0 saturated heterocycles. The molecule has 3 rings (SSSR count). The number of carbonyl (C=O) groups is 1. The SMILES string of the molecule is CCC1=Cc2c([nH]c3sc(CC)cc23)CC1=O. The normalized spacial score (nSPS) is 15.2. The highest BCUT2D eigenvalue weighted by Crippen LogP contribution is 2.35. The van der Waals surface area contributed by atoms with Crippen LogP contribution in [0.15, 0.2) is 11.6 Å². The highest BCUT2D eigenvalue weighted by Gasteiger charge is 2.21. The number of Topliss-reactive ketones (excluding diaryl/α,β-unsaturated/α-hetero) is 1. The van der Waals surface area contributed by atoms with Crippen molar-refractivity contribution in [3.05, 3.63) is 27.8 Å². The molecule has 2 aromatic heterocycles. The maximum atomic E-state index is 11.8. The second-order valence-electron chi connectivity index (χ2n) is 4.45. The van der Waals surface area contributed by atoms with Gasteiger partial charge in [-0.2, -0.15) is 0 Å². The number of H-pyrrole nitrogens is 1. The standard InChI is InChI=1S/C14H15NOS/c1-3-8-5-10-11-6-9(4-2)17-14(11)15-12(10)7-13(8)16/h5-6,15H,3-4,7H2,1-2H3. The Hall–Kier alpha value is -1.35. The monoisotopic (exact) mass is 245 g/mol. The van der Waals surface area contributed by atoms with Gasteiger partial charge in [0.25, 0.3) is 0 Å². The number of ketones is 1. The average molecular weight is 245 g/mol. The highest BCUT2D eigenvalue weighted by molar-refractivity contribution is 7.18. The Bertz CT molecular complexity index is 630. The van der Waals surface area contributed by atoms with Gasteiger partial charge in [0.05, 0.1) is 6.42 Å². The molecule has 0 saturated carbocycles. The Morgan fingerprint density at radius 3 is 2.88 bits per heavy atom. The number of carbonyl (C=O) groups excluding carboxylic acids is 1. The first kappa shape index (κ1) is 10.8. The van der Waals surface area contributed by atoms with Crippen LogP contribution in [0.25, 0.3) is 16.3 Å². The lowest BCUT2D eigenvalue weighted by atomic mass is 9.94. The lowest BCUT2D eigenvalue weighted by Gasteiger charge is -2.10. The summed E-state index contributed by atoms with van der Waals surface area (Å²) in [5.41, 5.74) is 3.30. The molecule has 1 aliphatic rings. The molecule has 1 N–H and O–H groups in total. The topological polar surface area (TPSA) is 32.9 Å². The largest absolute Gasteiger partial charge is 0.349 e. The number of nitrogens with one attached hydrogen (secondary N) is 1.